The molecule has 31 heavy (non-hydrogen) atoms. The Labute approximate surface area is 186 Å². The molecule has 0 aromatic heterocycles. The average Bonchev–Trinajstić information content (AvgIpc) is 3.09. The van der Waals surface area contributed by atoms with Gasteiger partial charge in [0.25, 0.3) is 0 Å². The van der Waals surface area contributed by atoms with Gasteiger partial charge in [0.2, 0.25) is 0 Å². The van der Waals surface area contributed by atoms with E-state index in [9.17, 15) is 14.7 Å². The molecule has 4 nitrogen and oxygen atoms in total. The third kappa shape index (κ3) is 3.15. The van der Waals surface area contributed by atoms with Gasteiger partial charge in [-0.25, -0.2) is 4.79 Å². The maximum Gasteiger partial charge on any atom is 0.335 e. The Morgan fingerprint density at radius 3 is 2.35 bits per heavy atom. The van der Waals surface area contributed by atoms with Crippen LogP contribution >= 0.6 is 0 Å². The van der Waals surface area contributed by atoms with Crippen LogP contribution < -0.4 is 4.74 Å². The van der Waals surface area contributed by atoms with E-state index in [4.69, 9.17) is 4.74 Å². The molecule has 170 valence electrons. The first-order valence-corrected chi connectivity index (χ1v) is 11.8. The van der Waals surface area contributed by atoms with Crippen molar-refractivity contribution in [1.29, 1.82) is 0 Å². The van der Waals surface area contributed by atoms with Gasteiger partial charge >= 0.3 is 11.9 Å². The predicted molar refractivity (Wildman–Crippen MR) is 121 cm³/mol. The Bertz CT molecular complexity index is 924. The van der Waals surface area contributed by atoms with Gasteiger partial charge < -0.3 is 9.84 Å². The predicted octanol–water partition coefficient (Wildman–Crippen LogP) is 6.47. The lowest BCUT2D eigenvalue weighted by molar-refractivity contribution is -0.143. The lowest BCUT2D eigenvalue weighted by atomic mass is 9.56. The molecule has 5 atom stereocenters. The highest BCUT2D eigenvalue weighted by molar-refractivity contribution is 5.90. The summed E-state index contributed by atoms with van der Waals surface area (Å²) in [6, 6.07) is 5.10. The van der Waals surface area contributed by atoms with Crippen LogP contribution in [0.2, 0.25) is 0 Å². The molecule has 3 aliphatic rings. The summed E-state index contributed by atoms with van der Waals surface area (Å²) >= 11 is 0. The number of fused-ring (bicyclic) bond motifs is 1. The van der Waals surface area contributed by atoms with E-state index in [1.807, 2.05) is 26.8 Å². The highest BCUT2D eigenvalue weighted by Crippen LogP contribution is 2.75. The molecule has 1 aromatic carbocycles. The van der Waals surface area contributed by atoms with E-state index in [2.05, 4.69) is 27.7 Å². The van der Waals surface area contributed by atoms with E-state index in [0.717, 1.165) is 24.3 Å². The highest BCUT2D eigenvalue weighted by Gasteiger charge is 2.68. The van der Waals surface area contributed by atoms with Gasteiger partial charge in [0.15, 0.2) is 0 Å². The summed E-state index contributed by atoms with van der Waals surface area (Å²) in [6.07, 6.45) is 5.92. The van der Waals surface area contributed by atoms with Crippen molar-refractivity contribution in [3.63, 3.8) is 0 Å². The van der Waals surface area contributed by atoms with Gasteiger partial charge in [-0.3, -0.25) is 4.79 Å². The second-order valence-corrected chi connectivity index (χ2v) is 12.4. The minimum atomic E-state index is -0.908. The van der Waals surface area contributed by atoms with Gasteiger partial charge in [0.1, 0.15) is 5.75 Å². The third-order valence-corrected chi connectivity index (χ3v) is 9.48. The molecule has 0 saturated heterocycles. The fourth-order valence-electron chi connectivity index (χ4n) is 7.74. The zero-order valence-electron chi connectivity index (χ0n) is 20.2. The van der Waals surface area contributed by atoms with Crippen LogP contribution in [0.15, 0.2) is 18.2 Å². The van der Waals surface area contributed by atoms with Gasteiger partial charge in [0, 0.05) is 0 Å². The molecular formula is C27H38O4. The summed E-state index contributed by atoms with van der Waals surface area (Å²) in [4.78, 5) is 24.7. The van der Waals surface area contributed by atoms with Crippen molar-refractivity contribution in [1.82, 2.24) is 0 Å². The largest absolute Gasteiger partial charge is 0.478 e. The lowest BCUT2D eigenvalue weighted by Gasteiger charge is -2.48. The first-order chi connectivity index (χ1) is 14.2. The number of carbonyl (C=O) groups is 2. The summed E-state index contributed by atoms with van der Waals surface area (Å²) in [6.45, 7) is 15.0. The molecule has 0 heterocycles. The number of hydrogen-bond acceptors (Lipinski definition) is 3. The molecule has 4 heteroatoms. The van der Waals surface area contributed by atoms with E-state index in [-0.39, 0.29) is 16.8 Å². The molecule has 1 spiro atoms. The van der Waals surface area contributed by atoms with Crippen molar-refractivity contribution in [2.45, 2.75) is 86.0 Å². The summed E-state index contributed by atoms with van der Waals surface area (Å²) in [7, 11) is 0. The van der Waals surface area contributed by atoms with Crippen LogP contribution in [-0.2, 0) is 10.2 Å². The molecule has 3 fully saturated rings. The van der Waals surface area contributed by atoms with Crippen LogP contribution in [0.3, 0.4) is 0 Å². The molecule has 1 aromatic rings. The van der Waals surface area contributed by atoms with Crippen molar-refractivity contribution in [2.24, 2.45) is 34.0 Å². The number of benzene rings is 1. The molecule has 0 amide bonds. The monoisotopic (exact) mass is 426 g/mol. The van der Waals surface area contributed by atoms with E-state index in [1.54, 1.807) is 12.1 Å². The first-order valence-electron chi connectivity index (χ1n) is 11.8. The van der Waals surface area contributed by atoms with Crippen molar-refractivity contribution < 1.29 is 19.4 Å². The van der Waals surface area contributed by atoms with Crippen LogP contribution in [0, 0.1) is 34.0 Å². The highest BCUT2D eigenvalue weighted by atomic mass is 16.5. The fourth-order valence-corrected chi connectivity index (χ4v) is 7.74. The number of carbonyl (C=O) groups excluding carboxylic acids is 1. The van der Waals surface area contributed by atoms with E-state index < -0.39 is 11.4 Å². The van der Waals surface area contributed by atoms with Crippen LogP contribution in [0.4, 0.5) is 0 Å². The first kappa shape index (κ1) is 22.4. The number of carboxylic acid groups (broad SMARTS) is 1. The zero-order chi connectivity index (χ0) is 23.0. The molecule has 3 aliphatic carbocycles. The summed E-state index contributed by atoms with van der Waals surface area (Å²) < 4.78 is 5.68. The van der Waals surface area contributed by atoms with Crippen LogP contribution in [0.5, 0.6) is 5.75 Å². The summed E-state index contributed by atoms with van der Waals surface area (Å²) in [5, 5.41) is 10.0. The smallest absolute Gasteiger partial charge is 0.335 e. The number of hydrogen-bond donors (Lipinski definition) is 1. The Balaban J connectivity index is 1.79. The topological polar surface area (TPSA) is 63.6 Å². The minimum absolute atomic E-state index is 0.157. The molecule has 1 N–H and O–H groups in total. The zero-order valence-corrected chi connectivity index (χ0v) is 20.2. The quantitative estimate of drug-likeness (QED) is 0.444. The number of ether oxygens (including phenoxy) is 1. The molecule has 0 radical (unpaired) electrons. The Hall–Kier alpha value is -1.84. The Kier molecular flexibility index (Phi) is 4.92. The molecule has 4 rings (SSSR count). The van der Waals surface area contributed by atoms with Crippen LogP contribution in [0.1, 0.15) is 96.5 Å². The SMILES string of the molecule is CC1CCC2C(C)(C)C3CC12CCC3(C)c1cc(OC(=O)C(C)(C)C)ccc1C(=O)O. The van der Waals surface area contributed by atoms with Crippen molar-refractivity contribution in [3.05, 3.63) is 29.3 Å². The lowest BCUT2D eigenvalue weighted by Crippen LogP contribution is -2.43. The molecular weight excluding hydrogens is 388 g/mol. The Morgan fingerprint density at radius 2 is 1.74 bits per heavy atom. The Morgan fingerprint density at radius 1 is 1.06 bits per heavy atom. The number of carboxylic acids is 1. The van der Waals surface area contributed by atoms with Crippen molar-refractivity contribution in [3.8, 4) is 5.75 Å². The summed E-state index contributed by atoms with van der Waals surface area (Å²) in [5.74, 6) is 1.09. The minimum Gasteiger partial charge on any atom is -0.478 e. The number of esters is 1. The summed E-state index contributed by atoms with van der Waals surface area (Å²) in [5.41, 5.74) is 0.872. The van der Waals surface area contributed by atoms with Gasteiger partial charge in [0.05, 0.1) is 11.0 Å². The molecule has 2 bridgehead atoms. The van der Waals surface area contributed by atoms with Crippen LogP contribution in [0.25, 0.3) is 0 Å². The van der Waals surface area contributed by atoms with E-state index >= 15 is 0 Å². The van der Waals surface area contributed by atoms with Crippen LogP contribution in [-0.4, -0.2) is 17.0 Å². The number of rotatable bonds is 3. The second-order valence-electron chi connectivity index (χ2n) is 12.4. The van der Waals surface area contributed by atoms with Gasteiger partial charge in [-0.2, -0.15) is 0 Å². The van der Waals surface area contributed by atoms with Gasteiger partial charge in [-0.1, -0.05) is 27.7 Å². The van der Waals surface area contributed by atoms with Gasteiger partial charge in [-0.15, -0.1) is 0 Å². The second kappa shape index (κ2) is 6.83. The third-order valence-electron chi connectivity index (χ3n) is 9.48. The fraction of sp³-hybridized carbons (Fsp3) is 0.704. The normalized spacial score (nSPS) is 36.2. The van der Waals surface area contributed by atoms with E-state index in [1.165, 1.54) is 19.3 Å². The molecule has 3 saturated carbocycles. The van der Waals surface area contributed by atoms with Crippen molar-refractivity contribution in [2.75, 3.05) is 0 Å². The maximum atomic E-state index is 12.5. The van der Waals surface area contributed by atoms with Crippen molar-refractivity contribution >= 4 is 11.9 Å². The maximum absolute atomic E-state index is 12.5. The van der Waals surface area contributed by atoms with E-state index in [0.29, 0.717) is 28.6 Å². The standard InChI is InChI=1S/C27H38O4/c1-16-8-11-20-25(5,6)21-15-27(16,20)13-12-26(21,7)19-14-17(9-10-18(19)22(28)29)31-23(30)24(2,3)4/h9-10,14,16,20-21H,8,11-13,15H2,1-7H3,(H,28,29). The molecule has 0 aliphatic heterocycles. The van der Waals surface area contributed by atoms with Gasteiger partial charge in [-0.05, 0) is 111 Å². The number of aromatic carboxylic acids is 1. The average molecular weight is 427 g/mol. The molecule has 5 unspecified atom stereocenters.